The van der Waals surface area contributed by atoms with E-state index in [4.69, 9.17) is 0 Å². The number of nitrogens with zero attached hydrogens (tertiary/aromatic N) is 5. The summed E-state index contributed by atoms with van der Waals surface area (Å²) in [6.07, 6.45) is 11.0. The second-order valence-corrected chi connectivity index (χ2v) is 7.39. The summed E-state index contributed by atoms with van der Waals surface area (Å²) in [5.74, 6) is 0.726. The van der Waals surface area contributed by atoms with E-state index in [1.165, 1.54) is 0 Å². The molecule has 3 heterocycles. The molecule has 0 aliphatic carbocycles. The number of carbonyl (C=O) groups is 1. The van der Waals surface area contributed by atoms with Crippen LogP contribution in [0.1, 0.15) is 23.2 Å². The predicted molar refractivity (Wildman–Crippen MR) is 110 cm³/mol. The third kappa shape index (κ3) is 4.01. The zero-order valence-electron chi connectivity index (χ0n) is 15.7. The second-order valence-electron chi connectivity index (χ2n) is 6.61. The van der Waals surface area contributed by atoms with E-state index in [-0.39, 0.29) is 11.9 Å². The van der Waals surface area contributed by atoms with Crippen molar-refractivity contribution >= 4 is 23.6 Å². The molecule has 1 aliphatic heterocycles. The third-order valence-electron chi connectivity index (χ3n) is 4.86. The van der Waals surface area contributed by atoms with Crippen molar-refractivity contribution in [2.75, 3.05) is 24.2 Å². The van der Waals surface area contributed by atoms with Gasteiger partial charge in [-0.2, -0.15) is 0 Å². The Kier molecular flexibility index (Phi) is 5.57. The number of thioether (sulfide) groups is 1. The summed E-state index contributed by atoms with van der Waals surface area (Å²) in [4.78, 5) is 27.7. The van der Waals surface area contributed by atoms with Crippen molar-refractivity contribution in [3.8, 4) is 5.69 Å². The molecular weight excluding hydrogens is 372 g/mol. The number of amides is 1. The Balaban J connectivity index is 1.34. The van der Waals surface area contributed by atoms with Crippen molar-refractivity contribution < 1.29 is 4.79 Å². The monoisotopic (exact) mass is 394 g/mol. The molecule has 0 spiro atoms. The Bertz CT molecular complexity index is 919. The fourth-order valence-electron chi connectivity index (χ4n) is 3.36. The van der Waals surface area contributed by atoms with Crippen LogP contribution in [0, 0.1) is 0 Å². The van der Waals surface area contributed by atoms with E-state index in [1.807, 2.05) is 47.4 Å². The smallest absolute Gasteiger partial charge is 0.251 e. The number of imidazole rings is 1. The van der Waals surface area contributed by atoms with E-state index in [2.05, 4.69) is 25.2 Å². The summed E-state index contributed by atoms with van der Waals surface area (Å²) in [5, 5.41) is 4.08. The zero-order chi connectivity index (χ0) is 19.3. The van der Waals surface area contributed by atoms with E-state index >= 15 is 0 Å². The molecule has 1 fully saturated rings. The van der Waals surface area contributed by atoms with Crippen molar-refractivity contribution in [2.24, 2.45) is 0 Å². The lowest BCUT2D eigenvalue weighted by molar-refractivity contribution is 0.0931. The molecule has 1 amide bonds. The van der Waals surface area contributed by atoms with Gasteiger partial charge in [0.15, 0.2) is 5.16 Å². The van der Waals surface area contributed by atoms with Gasteiger partial charge in [-0.15, -0.1) is 0 Å². The molecule has 28 heavy (non-hydrogen) atoms. The van der Waals surface area contributed by atoms with Crippen LogP contribution in [0.3, 0.4) is 0 Å². The van der Waals surface area contributed by atoms with Crippen LogP contribution in [0.25, 0.3) is 5.69 Å². The molecule has 144 valence electrons. The van der Waals surface area contributed by atoms with Gasteiger partial charge in [0, 0.05) is 55.2 Å². The summed E-state index contributed by atoms with van der Waals surface area (Å²) in [7, 11) is 0. The van der Waals surface area contributed by atoms with Crippen molar-refractivity contribution in [1.29, 1.82) is 0 Å². The molecule has 1 saturated heterocycles. The van der Waals surface area contributed by atoms with E-state index in [1.54, 1.807) is 30.4 Å². The minimum Gasteiger partial charge on any atom is -0.349 e. The summed E-state index contributed by atoms with van der Waals surface area (Å²) in [6, 6.07) is 9.61. The Morgan fingerprint density at radius 1 is 1.07 bits per heavy atom. The maximum atomic E-state index is 12.6. The summed E-state index contributed by atoms with van der Waals surface area (Å²) >= 11 is 1.59. The van der Waals surface area contributed by atoms with Crippen molar-refractivity contribution in [2.45, 2.75) is 24.0 Å². The van der Waals surface area contributed by atoms with E-state index in [0.717, 1.165) is 42.7 Å². The van der Waals surface area contributed by atoms with Crippen LogP contribution in [-0.2, 0) is 0 Å². The molecule has 0 bridgehead atoms. The van der Waals surface area contributed by atoms with Crippen LogP contribution in [0.15, 0.2) is 60.3 Å². The SMILES string of the molecule is CSc1nccn1-c1ccc(C(=O)NC2CCN(c3ncccn3)CC2)cc1. The van der Waals surface area contributed by atoms with E-state index < -0.39 is 0 Å². The number of carbonyl (C=O) groups excluding carboxylic acids is 1. The normalized spacial score (nSPS) is 14.8. The van der Waals surface area contributed by atoms with Gasteiger partial charge in [-0.25, -0.2) is 15.0 Å². The molecular formula is C20H22N6OS. The second kappa shape index (κ2) is 8.43. The molecule has 3 aromatic rings. The van der Waals surface area contributed by atoms with Gasteiger partial charge in [0.25, 0.3) is 5.91 Å². The van der Waals surface area contributed by atoms with Crippen molar-refractivity contribution in [3.05, 3.63) is 60.7 Å². The Labute approximate surface area is 168 Å². The molecule has 0 radical (unpaired) electrons. The Hall–Kier alpha value is -2.87. The number of aromatic nitrogens is 4. The van der Waals surface area contributed by atoms with E-state index in [0.29, 0.717) is 5.56 Å². The predicted octanol–water partition coefficient (Wildman–Crippen LogP) is 2.78. The van der Waals surface area contributed by atoms with Gasteiger partial charge in [-0.3, -0.25) is 9.36 Å². The van der Waals surface area contributed by atoms with E-state index in [9.17, 15) is 4.79 Å². The molecule has 1 aliphatic rings. The van der Waals surface area contributed by atoms with Gasteiger partial charge in [0.1, 0.15) is 0 Å². The molecule has 0 unspecified atom stereocenters. The van der Waals surface area contributed by atoms with Gasteiger partial charge in [0.2, 0.25) is 5.95 Å². The lowest BCUT2D eigenvalue weighted by atomic mass is 10.0. The number of rotatable bonds is 5. The average Bonchev–Trinajstić information content (AvgIpc) is 3.24. The highest BCUT2D eigenvalue weighted by Crippen LogP contribution is 2.19. The van der Waals surface area contributed by atoms with Crippen LogP contribution in [0.2, 0.25) is 0 Å². The number of anilines is 1. The lowest BCUT2D eigenvalue weighted by Gasteiger charge is -2.32. The number of hydrogen-bond donors (Lipinski definition) is 1. The summed E-state index contributed by atoms with van der Waals surface area (Å²) in [5.41, 5.74) is 1.66. The van der Waals surface area contributed by atoms with Gasteiger partial charge < -0.3 is 10.2 Å². The summed E-state index contributed by atoms with van der Waals surface area (Å²) in [6.45, 7) is 1.68. The molecule has 2 aromatic heterocycles. The first kappa shape index (κ1) is 18.5. The average molecular weight is 395 g/mol. The highest BCUT2D eigenvalue weighted by Gasteiger charge is 2.22. The van der Waals surface area contributed by atoms with Crippen LogP contribution < -0.4 is 10.2 Å². The standard InChI is InChI=1S/C20H22N6OS/c1-28-20-23-11-14-26(20)17-5-3-15(4-6-17)18(27)24-16-7-12-25(13-8-16)19-21-9-2-10-22-19/h2-6,9-11,14,16H,7-8,12-13H2,1H3,(H,24,27). The molecule has 8 heteroatoms. The Morgan fingerprint density at radius 2 is 1.79 bits per heavy atom. The lowest BCUT2D eigenvalue weighted by Crippen LogP contribution is -2.45. The largest absolute Gasteiger partial charge is 0.349 e. The first-order valence-electron chi connectivity index (χ1n) is 9.25. The molecule has 4 rings (SSSR count). The maximum absolute atomic E-state index is 12.6. The van der Waals surface area contributed by atoms with Crippen molar-refractivity contribution in [1.82, 2.24) is 24.8 Å². The van der Waals surface area contributed by atoms with Crippen LogP contribution in [-0.4, -0.2) is 50.8 Å². The fourth-order valence-corrected chi connectivity index (χ4v) is 3.89. The highest BCUT2D eigenvalue weighted by molar-refractivity contribution is 7.98. The number of hydrogen-bond acceptors (Lipinski definition) is 6. The van der Waals surface area contributed by atoms with Crippen LogP contribution in [0.4, 0.5) is 5.95 Å². The number of benzene rings is 1. The van der Waals surface area contributed by atoms with Crippen LogP contribution in [0.5, 0.6) is 0 Å². The minimum absolute atomic E-state index is 0.0308. The van der Waals surface area contributed by atoms with Gasteiger partial charge >= 0.3 is 0 Å². The minimum atomic E-state index is -0.0308. The third-order valence-corrected chi connectivity index (χ3v) is 5.53. The molecule has 0 atom stereocenters. The molecule has 1 N–H and O–H groups in total. The first-order chi connectivity index (χ1) is 13.7. The zero-order valence-corrected chi connectivity index (χ0v) is 16.5. The fraction of sp³-hybridized carbons (Fsp3) is 0.300. The number of piperidine rings is 1. The first-order valence-corrected chi connectivity index (χ1v) is 10.5. The maximum Gasteiger partial charge on any atom is 0.251 e. The van der Waals surface area contributed by atoms with Gasteiger partial charge in [0.05, 0.1) is 0 Å². The van der Waals surface area contributed by atoms with Gasteiger partial charge in [-0.05, 0) is 49.4 Å². The Morgan fingerprint density at radius 3 is 2.46 bits per heavy atom. The summed E-state index contributed by atoms with van der Waals surface area (Å²) < 4.78 is 2.01. The molecule has 0 saturated carbocycles. The number of nitrogens with one attached hydrogen (secondary N) is 1. The topological polar surface area (TPSA) is 75.9 Å². The molecule has 1 aromatic carbocycles. The van der Waals surface area contributed by atoms with Crippen molar-refractivity contribution in [3.63, 3.8) is 0 Å². The quantitative estimate of drug-likeness (QED) is 0.671. The van der Waals surface area contributed by atoms with Crippen LogP contribution >= 0.6 is 11.8 Å². The van der Waals surface area contributed by atoms with Gasteiger partial charge in [-0.1, -0.05) is 11.8 Å². The molecule has 7 nitrogen and oxygen atoms in total. The highest BCUT2D eigenvalue weighted by atomic mass is 32.2.